The molecule has 2 fully saturated rings. The van der Waals surface area contributed by atoms with Crippen molar-refractivity contribution in [3.8, 4) is 0 Å². The van der Waals surface area contributed by atoms with Gasteiger partial charge in [-0.3, -0.25) is 0 Å². The van der Waals surface area contributed by atoms with Crippen molar-refractivity contribution in [2.24, 2.45) is 11.8 Å². The summed E-state index contributed by atoms with van der Waals surface area (Å²) in [5, 5.41) is -0.220. The molecule has 0 heterocycles. The highest BCUT2D eigenvalue weighted by Gasteiger charge is 2.45. The van der Waals surface area contributed by atoms with Crippen LogP contribution in [0.3, 0.4) is 0 Å². The van der Waals surface area contributed by atoms with E-state index in [-0.39, 0.29) is 5.25 Å². The van der Waals surface area contributed by atoms with Crippen molar-refractivity contribution in [1.82, 2.24) is 0 Å². The molecule has 0 unspecified atom stereocenters. The second-order valence-electron chi connectivity index (χ2n) is 3.69. The van der Waals surface area contributed by atoms with Gasteiger partial charge < -0.3 is 0 Å². The number of fused-ring (bicyclic) bond motifs is 2. The van der Waals surface area contributed by atoms with Crippen LogP contribution >= 0.6 is 10.7 Å². The van der Waals surface area contributed by atoms with E-state index >= 15 is 0 Å². The molecule has 0 aliphatic heterocycles. The molecule has 3 atom stereocenters. The second kappa shape index (κ2) is 2.36. The van der Waals surface area contributed by atoms with Gasteiger partial charge in [0.2, 0.25) is 9.05 Å². The Labute approximate surface area is 71.3 Å². The van der Waals surface area contributed by atoms with Crippen molar-refractivity contribution in [3.63, 3.8) is 0 Å². The van der Waals surface area contributed by atoms with Crippen molar-refractivity contribution >= 4 is 19.7 Å². The Balaban J connectivity index is 2.21. The van der Waals surface area contributed by atoms with Gasteiger partial charge in [0.15, 0.2) is 0 Å². The Morgan fingerprint density at radius 2 is 1.91 bits per heavy atom. The maximum absolute atomic E-state index is 11.0. The summed E-state index contributed by atoms with van der Waals surface area (Å²) < 4.78 is 22.0. The molecule has 2 saturated carbocycles. The number of rotatable bonds is 1. The van der Waals surface area contributed by atoms with E-state index in [0.29, 0.717) is 11.8 Å². The van der Waals surface area contributed by atoms with Crippen LogP contribution in [0.5, 0.6) is 0 Å². The monoisotopic (exact) mass is 194 g/mol. The van der Waals surface area contributed by atoms with E-state index in [2.05, 4.69) is 0 Å². The van der Waals surface area contributed by atoms with Gasteiger partial charge in [-0.1, -0.05) is 6.42 Å². The molecular weight excluding hydrogens is 184 g/mol. The lowest BCUT2D eigenvalue weighted by Gasteiger charge is -2.17. The van der Waals surface area contributed by atoms with Gasteiger partial charge in [-0.2, -0.15) is 0 Å². The fourth-order valence-corrected chi connectivity index (χ4v) is 4.39. The van der Waals surface area contributed by atoms with Crippen molar-refractivity contribution in [2.75, 3.05) is 0 Å². The Morgan fingerprint density at radius 3 is 2.18 bits per heavy atom. The Morgan fingerprint density at radius 1 is 1.18 bits per heavy atom. The SMILES string of the molecule is O=S(=O)(Cl)[C@@H]1C[C@H]2CC[C@H]1C2. The first-order chi connectivity index (χ1) is 5.07. The summed E-state index contributed by atoms with van der Waals surface area (Å²) in [6.45, 7) is 0. The summed E-state index contributed by atoms with van der Waals surface area (Å²) in [5.41, 5.74) is 0. The van der Waals surface area contributed by atoms with Crippen LogP contribution in [0.2, 0.25) is 0 Å². The molecule has 0 N–H and O–H groups in total. The molecule has 2 bridgehead atoms. The molecule has 2 rings (SSSR count). The van der Waals surface area contributed by atoms with Gasteiger partial charge in [0.25, 0.3) is 0 Å². The first-order valence-corrected chi connectivity index (χ1v) is 6.38. The standard InChI is InChI=1S/C7H11ClO2S/c8-11(9,10)7-4-5-1-2-6(7)3-5/h5-7H,1-4H2/t5-,6-,7+/m0/s1. The van der Waals surface area contributed by atoms with E-state index in [9.17, 15) is 8.42 Å². The first-order valence-electron chi connectivity index (χ1n) is 4.01. The van der Waals surface area contributed by atoms with Crippen LogP contribution in [0.1, 0.15) is 25.7 Å². The largest absolute Gasteiger partial charge is 0.235 e. The van der Waals surface area contributed by atoms with Gasteiger partial charge in [0, 0.05) is 10.7 Å². The number of hydrogen-bond acceptors (Lipinski definition) is 2. The third-order valence-electron chi connectivity index (χ3n) is 3.03. The van der Waals surface area contributed by atoms with Crippen LogP contribution in [0.15, 0.2) is 0 Å². The van der Waals surface area contributed by atoms with E-state index in [4.69, 9.17) is 10.7 Å². The Hall–Kier alpha value is 0.240. The molecule has 0 aromatic carbocycles. The van der Waals surface area contributed by atoms with Crippen LogP contribution in [-0.2, 0) is 9.05 Å². The predicted molar refractivity (Wildman–Crippen MR) is 44.0 cm³/mol. The lowest BCUT2D eigenvalue weighted by atomic mass is 10.0. The minimum atomic E-state index is -3.26. The molecule has 0 radical (unpaired) electrons. The maximum Gasteiger partial charge on any atom is 0.235 e. The second-order valence-corrected chi connectivity index (χ2v) is 6.54. The summed E-state index contributed by atoms with van der Waals surface area (Å²) in [7, 11) is 2.04. The Kier molecular flexibility index (Phi) is 1.69. The smallest absolute Gasteiger partial charge is 0.212 e. The highest BCUT2D eigenvalue weighted by molar-refractivity contribution is 8.14. The highest BCUT2D eigenvalue weighted by Crippen LogP contribution is 2.48. The van der Waals surface area contributed by atoms with Gasteiger partial charge in [-0.05, 0) is 31.1 Å². The third kappa shape index (κ3) is 1.29. The fourth-order valence-electron chi connectivity index (χ4n) is 2.53. The number of halogens is 1. The van der Waals surface area contributed by atoms with E-state index in [0.717, 1.165) is 19.3 Å². The van der Waals surface area contributed by atoms with Crippen molar-refractivity contribution in [2.45, 2.75) is 30.9 Å². The fraction of sp³-hybridized carbons (Fsp3) is 1.00. The molecule has 2 aliphatic rings. The molecule has 11 heavy (non-hydrogen) atoms. The van der Waals surface area contributed by atoms with Crippen LogP contribution in [0.25, 0.3) is 0 Å². The zero-order valence-corrected chi connectivity index (χ0v) is 7.74. The number of hydrogen-bond donors (Lipinski definition) is 0. The quantitative estimate of drug-likeness (QED) is 0.596. The van der Waals surface area contributed by atoms with Gasteiger partial charge in [-0.15, -0.1) is 0 Å². The van der Waals surface area contributed by atoms with Crippen molar-refractivity contribution in [3.05, 3.63) is 0 Å². The molecule has 4 heteroatoms. The highest BCUT2D eigenvalue weighted by atomic mass is 35.7. The summed E-state index contributed by atoms with van der Waals surface area (Å²) in [6, 6.07) is 0. The third-order valence-corrected chi connectivity index (χ3v) is 5.02. The molecule has 0 saturated heterocycles. The lowest BCUT2D eigenvalue weighted by molar-refractivity contribution is 0.470. The van der Waals surface area contributed by atoms with Crippen LogP contribution in [-0.4, -0.2) is 13.7 Å². The molecule has 0 spiro atoms. The average molecular weight is 195 g/mol. The van der Waals surface area contributed by atoms with E-state index in [1.807, 2.05) is 0 Å². The van der Waals surface area contributed by atoms with E-state index < -0.39 is 9.05 Å². The van der Waals surface area contributed by atoms with Gasteiger partial charge in [0.1, 0.15) is 0 Å². The molecule has 2 aliphatic carbocycles. The Bertz CT molecular complexity index is 260. The topological polar surface area (TPSA) is 34.1 Å². The summed E-state index contributed by atoms with van der Waals surface area (Å²) in [5.74, 6) is 1.03. The molecule has 0 aromatic heterocycles. The molecular formula is C7H11ClO2S. The zero-order chi connectivity index (χ0) is 8.06. The molecule has 64 valence electrons. The van der Waals surface area contributed by atoms with Crippen LogP contribution < -0.4 is 0 Å². The minimum absolute atomic E-state index is 0.220. The van der Waals surface area contributed by atoms with Crippen molar-refractivity contribution in [1.29, 1.82) is 0 Å². The molecule has 2 nitrogen and oxygen atoms in total. The van der Waals surface area contributed by atoms with Gasteiger partial charge in [-0.25, -0.2) is 8.42 Å². The summed E-state index contributed by atoms with van der Waals surface area (Å²) in [6.07, 6.45) is 4.20. The zero-order valence-electron chi connectivity index (χ0n) is 6.16. The molecule has 0 aromatic rings. The lowest BCUT2D eigenvalue weighted by Crippen LogP contribution is -2.22. The first kappa shape index (κ1) is 7.87. The predicted octanol–water partition coefficient (Wildman–Crippen LogP) is 1.74. The summed E-state index contributed by atoms with van der Waals surface area (Å²) >= 11 is 0. The van der Waals surface area contributed by atoms with Gasteiger partial charge in [0.05, 0.1) is 5.25 Å². The van der Waals surface area contributed by atoms with Crippen LogP contribution in [0, 0.1) is 11.8 Å². The minimum Gasteiger partial charge on any atom is -0.212 e. The van der Waals surface area contributed by atoms with E-state index in [1.54, 1.807) is 0 Å². The van der Waals surface area contributed by atoms with Crippen molar-refractivity contribution < 1.29 is 8.42 Å². The van der Waals surface area contributed by atoms with E-state index in [1.165, 1.54) is 6.42 Å². The molecule has 0 amide bonds. The van der Waals surface area contributed by atoms with Gasteiger partial charge >= 0.3 is 0 Å². The summed E-state index contributed by atoms with van der Waals surface area (Å²) in [4.78, 5) is 0. The average Bonchev–Trinajstić information content (AvgIpc) is 2.42. The maximum atomic E-state index is 11.0. The normalized spacial score (nSPS) is 43.2. The van der Waals surface area contributed by atoms with Crippen LogP contribution in [0.4, 0.5) is 0 Å².